The van der Waals surface area contributed by atoms with Gasteiger partial charge in [0.25, 0.3) is 5.91 Å². The molecule has 0 aliphatic carbocycles. The second kappa shape index (κ2) is 14.7. The minimum Gasteiger partial charge on any atom is -0.444 e. The van der Waals surface area contributed by atoms with E-state index in [4.69, 9.17) is 9.47 Å². The lowest BCUT2D eigenvalue weighted by Gasteiger charge is -2.30. The van der Waals surface area contributed by atoms with Crippen molar-refractivity contribution in [1.82, 2.24) is 15.1 Å². The van der Waals surface area contributed by atoms with Gasteiger partial charge in [0.2, 0.25) is 5.96 Å². The number of alkyl carbamates (subject to hydrolysis) is 1. The number of hydrogen-bond acceptors (Lipinski definition) is 6. The maximum Gasteiger partial charge on any atom is 0.437 e. The van der Waals surface area contributed by atoms with Gasteiger partial charge in [0.15, 0.2) is 0 Å². The lowest BCUT2D eigenvalue weighted by atomic mass is 9.95. The van der Waals surface area contributed by atoms with E-state index in [2.05, 4.69) is 33.6 Å². The standard InChI is InChI=1S/C36H45F2N5O5/c1-22-19-26(9-10-27(22)24-11-15-42(8)16-12-24)39-31(44)30-28(37)20-25(21-29(30)38)23-13-17-43(18-14-23)32(40-33(45)47-35(2,3)4)41-34(46)48-36(5,6)7/h9-11,13,19-21H,12,14-18H2,1-8H3,(H,39,44)(H,40,41,45,46). The Kier molecular flexibility index (Phi) is 11.1. The number of guanidine groups is 1. The Labute approximate surface area is 280 Å². The lowest BCUT2D eigenvalue weighted by Crippen LogP contribution is -2.48. The van der Waals surface area contributed by atoms with Gasteiger partial charge >= 0.3 is 12.2 Å². The van der Waals surface area contributed by atoms with Gasteiger partial charge in [-0.25, -0.2) is 18.4 Å². The maximum absolute atomic E-state index is 15.3. The SMILES string of the molecule is Cc1cc(NC(=O)c2c(F)cc(C3=CCN(C(=NC(=O)OC(C)(C)C)NC(=O)OC(C)(C)C)CC3)cc2F)ccc1C1=CCN(C)CC1. The Morgan fingerprint density at radius 2 is 1.48 bits per heavy atom. The molecule has 2 aromatic carbocycles. The summed E-state index contributed by atoms with van der Waals surface area (Å²) in [7, 11) is 2.07. The molecule has 0 bridgehead atoms. The zero-order valence-corrected chi connectivity index (χ0v) is 28.9. The minimum atomic E-state index is -0.991. The van der Waals surface area contributed by atoms with E-state index in [1.807, 2.05) is 13.0 Å². The third-order valence-electron chi connectivity index (χ3n) is 7.59. The molecule has 0 atom stereocenters. The molecule has 2 aromatic rings. The molecule has 2 heterocycles. The highest BCUT2D eigenvalue weighted by atomic mass is 19.1. The second-order valence-electron chi connectivity index (χ2n) is 14.0. The summed E-state index contributed by atoms with van der Waals surface area (Å²) in [5, 5.41) is 5.14. The predicted octanol–water partition coefficient (Wildman–Crippen LogP) is 7.15. The van der Waals surface area contributed by atoms with Gasteiger partial charge in [-0.05, 0) is 120 Å². The molecular formula is C36H45F2N5O5. The van der Waals surface area contributed by atoms with Crippen molar-refractivity contribution in [2.45, 2.75) is 72.5 Å². The van der Waals surface area contributed by atoms with E-state index in [-0.39, 0.29) is 24.6 Å². The van der Waals surface area contributed by atoms with E-state index in [9.17, 15) is 14.4 Å². The number of likely N-dealkylation sites (N-methyl/N-ethyl adjacent to an activating group) is 1. The van der Waals surface area contributed by atoms with E-state index >= 15 is 8.78 Å². The van der Waals surface area contributed by atoms with Crippen LogP contribution in [0.5, 0.6) is 0 Å². The number of anilines is 1. The van der Waals surface area contributed by atoms with Gasteiger partial charge in [0.05, 0.1) is 0 Å². The number of benzene rings is 2. The van der Waals surface area contributed by atoms with Gasteiger partial charge in [0, 0.05) is 31.9 Å². The summed E-state index contributed by atoms with van der Waals surface area (Å²) in [6.45, 7) is 14.4. The highest BCUT2D eigenvalue weighted by molar-refractivity contribution is 6.05. The second-order valence-corrected chi connectivity index (χ2v) is 14.0. The molecule has 0 aromatic heterocycles. The Morgan fingerprint density at radius 3 is 2.02 bits per heavy atom. The van der Waals surface area contributed by atoms with Crippen molar-refractivity contribution in [2.24, 2.45) is 4.99 Å². The van der Waals surface area contributed by atoms with Crippen molar-refractivity contribution in [2.75, 3.05) is 38.5 Å². The Morgan fingerprint density at radius 1 is 0.854 bits per heavy atom. The quantitative estimate of drug-likeness (QED) is 0.264. The minimum absolute atomic E-state index is 0.0791. The monoisotopic (exact) mass is 665 g/mol. The predicted molar refractivity (Wildman–Crippen MR) is 183 cm³/mol. The molecule has 2 N–H and O–H groups in total. The number of aliphatic imine (C=N–C) groups is 1. The van der Waals surface area contributed by atoms with E-state index in [1.165, 1.54) is 5.57 Å². The Hall–Kier alpha value is -4.58. The number of amides is 3. The van der Waals surface area contributed by atoms with E-state index in [1.54, 1.807) is 64.7 Å². The third-order valence-corrected chi connectivity index (χ3v) is 7.59. The molecule has 4 rings (SSSR count). The van der Waals surface area contributed by atoms with Crippen LogP contribution in [0.1, 0.15) is 81.4 Å². The van der Waals surface area contributed by atoms with Crippen LogP contribution >= 0.6 is 0 Å². The van der Waals surface area contributed by atoms with Crippen molar-refractivity contribution < 1.29 is 32.6 Å². The normalized spacial score (nSPS) is 16.1. The summed E-state index contributed by atoms with van der Waals surface area (Å²) >= 11 is 0. The van der Waals surface area contributed by atoms with Crippen LogP contribution < -0.4 is 10.6 Å². The van der Waals surface area contributed by atoms with E-state index in [0.29, 0.717) is 17.7 Å². The van der Waals surface area contributed by atoms with Crippen molar-refractivity contribution in [3.8, 4) is 0 Å². The van der Waals surface area contributed by atoms with Crippen LogP contribution in [0.2, 0.25) is 0 Å². The first-order chi connectivity index (χ1) is 22.4. The van der Waals surface area contributed by atoms with Crippen molar-refractivity contribution in [1.29, 1.82) is 0 Å². The molecule has 2 aliphatic rings. The van der Waals surface area contributed by atoms with Crippen molar-refractivity contribution >= 4 is 40.9 Å². The van der Waals surface area contributed by atoms with Crippen molar-refractivity contribution in [3.05, 3.63) is 76.4 Å². The van der Waals surface area contributed by atoms with Gasteiger partial charge in [0.1, 0.15) is 28.4 Å². The average Bonchev–Trinajstić information content (AvgIpc) is 2.95. The summed E-state index contributed by atoms with van der Waals surface area (Å²) in [6, 6.07) is 7.72. The highest BCUT2D eigenvalue weighted by Crippen LogP contribution is 2.29. The molecule has 48 heavy (non-hydrogen) atoms. The largest absolute Gasteiger partial charge is 0.444 e. The number of rotatable bonds is 4. The average molecular weight is 666 g/mol. The number of carbonyl (C=O) groups excluding carboxylic acids is 3. The van der Waals surface area contributed by atoms with E-state index < -0.39 is 46.5 Å². The lowest BCUT2D eigenvalue weighted by molar-refractivity contribution is 0.0554. The van der Waals surface area contributed by atoms with Gasteiger partial charge in [-0.1, -0.05) is 18.2 Å². The van der Waals surface area contributed by atoms with E-state index in [0.717, 1.165) is 42.8 Å². The number of aryl methyl sites for hydroxylation is 1. The Balaban J connectivity index is 1.48. The fourth-order valence-corrected chi connectivity index (χ4v) is 5.35. The topological polar surface area (TPSA) is 113 Å². The number of halogens is 2. The van der Waals surface area contributed by atoms with Crippen LogP contribution in [-0.4, -0.2) is 78.3 Å². The molecular weight excluding hydrogens is 620 g/mol. The van der Waals surface area contributed by atoms with Gasteiger partial charge in [-0.2, -0.15) is 0 Å². The molecule has 0 unspecified atom stereocenters. The van der Waals surface area contributed by atoms with Crippen LogP contribution in [0.25, 0.3) is 11.1 Å². The number of ether oxygens (including phenoxy) is 2. The summed E-state index contributed by atoms with van der Waals surface area (Å²) in [4.78, 5) is 45.8. The first-order valence-electron chi connectivity index (χ1n) is 15.9. The molecule has 0 fully saturated rings. The van der Waals surface area contributed by atoms with Crippen molar-refractivity contribution in [3.63, 3.8) is 0 Å². The first-order valence-corrected chi connectivity index (χ1v) is 15.9. The zero-order valence-electron chi connectivity index (χ0n) is 28.9. The molecule has 2 aliphatic heterocycles. The van der Waals surface area contributed by atoms with Crippen LogP contribution in [-0.2, 0) is 9.47 Å². The molecule has 0 saturated heterocycles. The molecule has 12 heteroatoms. The molecule has 0 radical (unpaired) electrons. The van der Waals surface area contributed by atoms with Crippen LogP contribution in [0, 0.1) is 18.6 Å². The number of hydrogen-bond donors (Lipinski definition) is 2. The molecule has 0 spiro atoms. The molecule has 258 valence electrons. The number of nitrogens with one attached hydrogen (secondary N) is 2. The third kappa shape index (κ3) is 9.96. The first kappa shape index (κ1) is 36.3. The highest BCUT2D eigenvalue weighted by Gasteiger charge is 2.26. The summed E-state index contributed by atoms with van der Waals surface area (Å²) in [5.41, 5.74) is 2.35. The molecule has 10 nitrogen and oxygen atoms in total. The molecule has 3 amide bonds. The van der Waals surface area contributed by atoms with Crippen LogP contribution in [0.3, 0.4) is 0 Å². The van der Waals surface area contributed by atoms with Gasteiger partial charge < -0.3 is 24.6 Å². The smallest absolute Gasteiger partial charge is 0.437 e. The zero-order chi connectivity index (χ0) is 35.4. The number of carbonyl (C=O) groups is 3. The fourth-order valence-electron chi connectivity index (χ4n) is 5.35. The summed E-state index contributed by atoms with van der Waals surface area (Å²) in [5.74, 6) is -2.95. The summed E-state index contributed by atoms with van der Waals surface area (Å²) < 4.78 is 41.2. The van der Waals surface area contributed by atoms with Gasteiger partial charge in [-0.15, -0.1) is 4.99 Å². The van der Waals surface area contributed by atoms with Crippen LogP contribution in [0.15, 0.2) is 47.5 Å². The summed E-state index contributed by atoms with van der Waals surface area (Å²) in [6.07, 6.45) is 3.41. The number of nitrogens with zero attached hydrogens (tertiary/aromatic N) is 3. The Bertz CT molecular complexity index is 1650. The van der Waals surface area contributed by atoms with Crippen LogP contribution in [0.4, 0.5) is 24.1 Å². The van der Waals surface area contributed by atoms with Gasteiger partial charge in [-0.3, -0.25) is 10.1 Å². The fraction of sp³-hybridized carbons (Fsp3) is 0.444. The molecule has 0 saturated carbocycles. The maximum atomic E-state index is 15.3.